The Hall–Kier alpha value is -2.44. The Bertz CT molecular complexity index is 1160. The molecule has 0 aliphatic carbocycles. The van der Waals surface area contributed by atoms with Crippen LogP contribution in [0.3, 0.4) is 0 Å². The molecule has 4 aromatic rings. The van der Waals surface area contributed by atoms with Crippen molar-refractivity contribution in [1.29, 1.82) is 0 Å². The fourth-order valence-corrected chi connectivity index (χ4v) is 4.48. The fourth-order valence-electron chi connectivity index (χ4n) is 3.15. The molecular formula is C21H17BrN2O2S. The van der Waals surface area contributed by atoms with Crippen LogP contribution >= 0.6 is 27.3 Å². The molecule has 4 rings (SSSR count). The lowest BCUT2D eigenvalue weighted by molar-refractivity contribution is 0.414. The third-order valence-electron chi connectivity index (χ3n) is 4.45. The number of aromatic nitrogens is 2. The van der Waals surface area contributed by atoms with Gasteiger partial charge in [-0.3, -0.25) is 4.79 Å². The first-order chi connectivity index (χ1) is 13.0. The number of ether oxygens (including phenoxy) is 1. The Morgan fingerprint density at radius 2 is 1.81 bits per heavy atom. The number of rotatable bonds is 4. The van der Waals surface area contributed by atoms with E-state index in [1.807, 2.05) is 55.5 Å². The minimum Gasteiger partial charge on any atom is -0.497 e. The summed E-state index contributed by atoms with van der Waals surface area (Å²) < 4.78 is 6.20. The van der Waals surface area contributed by atoms with Crippen LogP contribution in [0.25, 0.3) is 21.3 Å². The van der Waals surface area contributed by atoms with Crippen molar-refractivity contribution in [3.63, 3.8) is 0 Å². The first-order valence-corrected chi connectivity index (χ1v) is 10.1. The molecule has 0 bridgehead atoms. The summed E-state index contributed by atoms with van der Waals surface area (Å²) in [5.74, 6) is 1.48. The van der Waals surface area contributed by atoms with Crippen molar-refractivity contribution in [2.24, 2.45) is 0 Å². The highest BCUT2D eigenvalue weighted by Crippen LogP contribution is 2.36. The standard InChI is InChI=1S/C21H17BrN2O2S/c1-12-18(14-5-7-15(22)8-6-14)19-20(25)23-17(24-21(19)27-12)11-13-3-9-16(26-2)10-4-13/h3-10H,11H2,1-2H3,(H,23,24,25). The number of H-pyrrole nitrogens is 1. The van der Waals surface area contributed by atoms with E-state index in [-0.39, 0.29) is 5.56 Å². The van der Waals surface area contributed by atoms with E-state index in [1.54, 1.807) is 18.4 Å². The molecule has 0 spiro atoms. The Morgan fingerprint density at radius 1 is 1.11 bits per heavy atom. The normalized spacial score (nSPS) is 11.1. The van der Waals surface area contributed by atoms with Gasteiger partial charge in [0.25, 0.3) is 5.56 Å². The number of aromatic amines is 1. The molecular weight excluding hydrogens is 424 g/mol. The maximum absolute atomic E-state index is 12.8. The lowest BCUT2D eigenvalue weighted by Gasteiger charge is -2.05. The van der Waals surface area contributed by atoms with Crippen LogP contribution in [-0.2, 0) is 6.42 Å². The van der Waals surface area contributed by atoms with Gasteiger partial charge in [0.05, 0.1) is 12.5 Å². The van der Waals surface area contributed by atoms with Crippen molar-refractivity contribution in [3.05, 3.63) is 79.6 Å². The minimum absolute atomic E-state index is 0.0919. The highest BCUT2D eigenvalue weighted by Gasteiger charge is 2.16. The average molecular weight is 441 g/mol. The quantitative estimate of drug-likeness (QED) is 0.466. The number of hydrogen-bond acceptors (Lipinski definition) is 4. The van der Waals surface area contributed by atoms with Crippen molar-refractivity contribution >= 4 is 37.5 Å². The smallest absolute Gasteiger partial charge is 0.260 e. The van der Waals surface area contributed by atoms with Gasteiger partial charge in [-0.15, -0.1) is 11.3 Å². The van der Waals surface area contributed by atoms with Crippen LogP contribution in [-0.4, -0.2) is 17.1 Å². The lowest BCUT2D eigenvalue weighted by atomic mass is 10.0. The van der Waals surface area contributed by atoms with E-state index in [4.69, 9.17) is 9.72 Å². The molecule has 0 amide bonds. The van der Waals surface area contributed by atoms with E-state index >= 15 is 0 Å². The van der Waals surface area contributed by atoms with Crippen molar-refractivity contribution < 1.29 is 4.74 Å². The van der Waals surface area contributed by atoms with Gasteiger partial charge in [-0.2, -0.15) is 0 Å². The molecule has 0 fully saturated rings. The topological polar surface area (TPSA) is 55.0 Å². The molecule has 0 atom stereocenters. The first-order valence-electron chi connectivity index (χ1n) is 8.46. The Balaban J connectivity index is 1.76. The molecule has 4 nitrogen and oxygen atoms in total. The molecule has 1 N–H and O–H groups in total. The summed E-state index contributed by atoms with van der Waals surface area (Å²) >= 11 is 5.02. The zero-order valence-electron chi connectivity index (χ0n) is 14.9. The van der Waals surface area contributed by atoms with Crippen molar-refractivity contribution in [1.82, 2.24) is 9.97 Å². The first kappa shape index (κ1) is 17.9. The third-order valence-corrected chi connectivity index (χ3v) is 5.98. The van der Waals surface area contributed by atoms with Crippen LogP contribution in [0.1, 0.15) is 16.3 Å². The molecule has 2 aromatic carbocycles. The summed E-state index contributed by atoms with van der Waals surface area (Å²) in [5.41, 5.74) is 2.97. The molecule has 0 radical (unpaired) electrons. The number of methoxy groups -OCH3 is 1. The maximum atomic E-state index is 12.8. The lowest BCUT2D eigenvalue weighted by Crippen LogP contribution is -2.11. The van der Waals surface area contributed by atoms with Gasteiger partial charge in [0.2, 0.25) is 0 Å². The number of nitrogens with one attached hydrogen (secondary N) is 1. The number of hydrogen-bond donors (Lipinski definition) is 1. The average Bonchev–Trinajstić information content (AvgIpc) is 2.99. The molecule has 27 heavy (non-hydrogen) atoms. The zero-order chi connectivity index (χ0) is 19.0. The van der Waals surface area contributed by atoms with E-state index < -0.39 is 0 Å². The van der Waals surface area contributed by atoms with Crippen LogP contribution in [0, 0.1) is 6.92 Å². The largest absolute Gasteiger partial charge is 0.497 e. The van der Waals surface area contributed by atoms with Crippen LogP contribution < -0.4 is 10.3 Å². The van der Waals surface area contributed by atoms with Gasteiger partial charge in [-0.25, -0.2) is 4.98 Å². The number of benzene rings is 2. The number of aryl methyl sites for hydroxylation is 1. The number of thiophene rings is 1. The second-order valence-corrected chi connectivity index (χ2v) is 8.38. The molecule has 0 saturated carbocycles. The number of nitrogens with zero attached hydrogens (tertiary/aromatic N) is 1. The van der Waals surface area contributed by atoms with E-state index in [2.05, 4.69) is 20.9 Å². The minimum atomic E-state index is -0.0919. The van der Waals surface area contributed by atoms with E-state index in [9.17, 15) is 4.79 Å². The zero-order valence-corrected chi connectivity index (χ0v) is 17.3. The summed E-state index contributed by atoms with van der Waals surface area (Å²) in [6.45, 7) is 2.03. The molecule has 0 saturated heterocycles. The number of fused-ring (bicyclic) bond motifs is 1. The maximum Gasteiger partial charge on any atom is 0.260 e. The van der Waals surface area contributed by atoms with Gasteiger partial charge in [-0.05, 0) is 42.3 Å². The summed E-state index contributed by atoms with van der Waals surface area (Å²) in [6, 6.07) is 15.8. The van der Waals surface area contributed by atoms with E-state index in [0.717, 1.165) is 36.6 Å². The monoisotopic (exact) mass is 440 g/mol. The Labute approximate surface area is 169 Å². The summed E-state index contributed by atoms with van der Waals surface area (Å²) in [7, 11) is 1.64. The van der Waals surface area contributed by atoms with Gasteiger partial charge in [-0.1, -0.05) is 40.2 Å². The highest BCUT2D eigenvalue weighted by atomic mass is 79.9. The molecule has 0 aliphatic rings. The highest BCUT2D eigenvalue weighted by molar-refractivity contribution is 9.10. The molecule has 0 aliphatic heterocycles. The van der Waals surface area contributed by atoms with Gasteiger partial charge < -0.3 is 9.72 Å². The molecule has 6 heteroatoms. The van der Waals surface area contributed by atoms with Gasteiger partial charge >= 0.3 is 0 Å². The summed E-state index contributed by atoms with van der Waals surface area (Å²) in [4.78, 5) is 22.4. The van der Waals surface area contributed by atoms with Gasteiger partial charge in [0.1, 0.15) is 16.4 Å². The molecule has 0 unspecified atom stereocenters. The van der Waals surface area contributed by atoms with Crippen molar-refractivity contribution in [2.75, 3.05) is 7.11 Å². The van der Waals surface area contributed by atoms with Crippen LogP contribution in [0.4, 0.5) is 0 Å². The van der Waals surface area contributed by atoms with Gasteiger partial charge in [0, 0.05) is 21.3 Å². The number of halogens is 1. The second-order valence-electron chi connectivity index (χ2n) is 6.26. The van der Waals surface area contributed by atoms with Crippen LogP contribution in [0.2, 0.25) is 0 Å². The van der Waals surface area contributed by atoms with Crippen molar-refractivity contribution in [3.8, 4) is 16.9 Å². The molecule has 2 aromatic heterocycles. The SMILES string of the molecule is COc1ccc(Cc2nc3sc(C)c(-c4ccc(Br)cc4)c3c(=O)[nH]2)cc1. The van der Waals surface area contributed by atoms with Crippen LogP contribution in [0.5, 0.6) is 5.75 Å². The molecule has 136 valence electrons. The summed E-state index contributed by atoms with van der Waals surface area (Å²) in [6.07, 6.45) is 0.569. The van der Waals surface area contributed by atoms with Gasteiger partial charge in [0.15, 0.2) is 0 Å². The third kappa shape index (κ3) is 3.55. The second kappa shape index (κ2) is 7.29. The Morgan fingerprint density at radius 3 is 2.48 bits per heavy atom. The fraction of sp³-hybridized carbons (Fsp3) is 0.143. The van der Waals surface area contributed by atoms with E-state index in [1.165, 1.54) is 0 Å². The van der Waals surface area contributed by atoms with E-state index in [0.29, 0.717) is 17.6 Å². The molecule has 2 heterocycles. The summed E-state index contributed by atoms with van der Waals surface area (Å²) in [5, 5.41) is 0.665. The Kier molecular flexibility index (Phi) is 4.85. The van der Waals surface area contributed by atoms with Crippen molar-refractivity contribution in [2.45, 2.75) is 13.3 Å². The predicted molar refractivity (Wildman–Crippen MR) is 114 cm³/mol. The van der Waals surface area contributed by atoms with Crippen LogP contribution in [0.15, 0.2) is 57.8 Å². The predicted octanol–water partition coefficient (Wildman–Crippen LogP) is 5.32.